The Hall–Kier alpha value is -0.830. The third-order valence-electron chi connectivity index (χ3n) is 4.77. The third-order valence-corrected chi connectivity index (χ3v) is 5.84. The van der Waals surface area contributed by atoms with E-state index < -0.39 is 0 Å². The fourth-order valence-corrected chi connectivity index (χ4v) is 4.15. The summed E-state index contributed by atoms with van der Waals surface area (Å²) in [5, 5.41) is 4.17. The van der Waals surface area contributed by atoms with E-state index in [-0.39, 0.29) is 11.4 Å². The van der Waals surface area contributed by atoms with Gasteiger partial charge in [0.25, 0.3) is 5.91 Å². The molecule has 0 aromatic heterocycles. The lowest BCUT2D eigenvalue weighted by Crippen LogP contribution is -2.52. The minimum absolute atomic E-state index is 0.0760. The first-order chi connectivity index (χ1) is 9.87. The van der Waals surface area contributed by atoms with Gasteiger partial charge in [0.1, 0.15) is 0 Å². The second-order valence-electron chi connectivity index (χ2n) is 6.82. The molecular formula is C18H26BrNO. The lowest BCUT2D eigenvalue weighted by Gasteiger charge is -2.39. The molecule has 0 unspecified atom stereocenters. The van der Waals surface area contributed by atoms with Crippen LogP contribution in [0.4, 0.5) is 0 Å². The molecule has 1 aromatic rings. The Morgan fingerprint density at radius 2 is 1.76 bits per heavy atom. The Labute approximate surface area is 136 Å². The zero-order valence-corrected chi connectivity index (χ0v) is 15.1. The predicted molar refractivity (Wildman–Crippen MR) is 92.3 cm³/mol. The zero-order valence-electron chi connectivity index (χ0n) is 13.6. The van der Waals surface area contributed by atoms with Gasteiger partial charge in [0, 0.05) is 10.9 Å². The van der Waals surface area contributed by atoms with E-state index in [1.165, 1.54) is 18.4 Å². The molecule has 1 saturated carbocycles. The highest BCUT2D eigenvalue weighted by molar-refractivity contribution is 9.09. The van der Waals surface area contributed by atoms with E-state index in [1.54, 1.807) is 0 Å². The fourth-order valence-electron chi connectivity index (χ4n) is 3.45. The van der Waals surface area contributed by atoms with E-state index >= 15 is 0 Å². The van der Waals surface area contributed by atoms with Crippen LogP contribution in [0.1, 0.15) is 59.7 Å². The van der Waals surface area contributed by atoms with Crippen LogP contribution < -0.4 is 5.32 Å². The van der Waals surface area contributed by atoms with Crippen molar-refractivity contribution in [3.63, 3.8) is 0 Å². The van der Waals surface area contributed by atoms with E-state index in [1.807, 2.05) is 13.8 Å². The van der Waals surface area contributed by atoms with Crippen LogP contribution in [0.15, 0.2) is 12.1 Å². The van der Waals surface area contributed by atoms with Gasteiger partial charge in [0.2, 0.25) is 0 Å². The standard InChI is InChI=1S/C18H26BrNO/c1-12-5-7-18(11-19,8-6-12)20-17(21)16-14(3)9-13(2)10-15(16)4/h9-10,12H,5-8,11H2,1-4H3,(H,20,21). The molecule has 116 valence electrons. The van der Waals surface area contributed by atoms with E-state index in [0.29, 0.717) is 0 Å². The van der Waals surface area contributed by atoms with Gasteiger partial charge in [0.05, 0.1) is 5.54 Å². The number of alkyl halides is 1. The number of amides is 1. The van der Waals surface area contributed by atoms with Crippen LogP contribution in [0.2, 0.25) is 0 Å². The van der Waals surface area contributed by atoms with Crippen LogP contribution in [-0.4, -0.2) is 16.8 Å². The molecular weight excluding hydrogens is 326 g/mol. The van der Waals surface area contributed by atoms with Crippen molar-refractivity contribution in [2.75, 3.05) is 5.33 Å². The Balaban J connectivity index is 2.21. The summed E-state index contributed by atoms with van der Waals surface area (Å²) in [6.07, 6.45) is 4.51. The van der Waals surface area contributed by atoms with Crippen molar-refractivity contribution in [3.8, 4) is 0 Å². The summed E-state index contributed by atoms with van der Waals surface area (Å²) in [7, 11) is 0. The average Bonchev–Trinajstić information content (AvgIpc) is 2.40. The van der Waals surface area contributed by atoms with Gasteiger partial charge < -0.3 is 5.32 Å². The van der Waals surface area contributed by atoms with Crippen molar-refractivity contribution in [2.24, 2.45) is 5.92 Å². The summed E-state index contributed by atoms with van der Waals surface area (Å²) in [5.41, 5.74) is 4.12. The molecule has 2 rings (SSSR count). The van der Waals surface area contributed by atoms with Crippen LogP contribution in [0.5, 0.6) is 0 Å². The van der Waals surface area contributed by atoms with E-state index in [9.17, 15) is 4.79 Å². The molecule has 0 heterocycles. The smallest absolute Gasteiger partial charge is 0.252 e. The molecule has 0 bridgehead atoms. The highest BCUT2D eigenvalue weighted by atomic mass is 79.9. The highest BCUT2D eigenvalue weighted by Gasteiger charge is 2.35. The molecule has 1 aromatic carbocycles. The van der Waals surface area contributed by atoms with Gasteiger partial charge in [0.15, 0.2) is 0 Å². The molecule has 0 aliphatic heterocycles. The maximum absolute atomic E-state index is 12.8. The van der Waals surface area contributed by atoms with Crippen LogP contribution >= 0.6 is 15.9 Å². The Morgan fingerprint density at radius 1 is 1.24 bits per heavy atom. The molecule has 1 N–H and O–H groups in total. The SMILES string of the molecule is Cc1cc(C)c(C(=O)NC2(CBr)CCC(C)CC2)c(C)c1. The summed E-state index contributed by atoms with van der Waals surface area (Å²) in [5.74, 6) is 0.857. The minimum Gasteiger partial charge on any atom is -0.346 e. The van der Waals surface area contributed by atoms with Crippen LogP contribution in [-0.2, 0) is 0 Å². The highest BCUT2D eigenvalue weighted by Crippen LogP contribution is 2.33. The van der Waals surface area contributed by atoms with Gasteiger partial charge in [-0.25, -0.2) is 0 Å². The summed E-state index contributed by atoms with van der Waals surface area (Å²) in [4.78, 5) is 12.8. The molecule has 2 nitrogen and oxygen atoms in total. The van der Waals surface area contributed by atoms with Crippen molar-refractivity contribution in [3.05, 3.63) is 34.4 Å². The number of aryl methyl sites for hydroxylation is 3. The second-order valence-corrected chi connectivity index (χ2v) is 7.39. The van der Waals surface area contributed by atoms with Crippen molar-refractivity contribution in [1.29, 1.82) is 0 Å². The second kappa shape index (κ2) is 6.51. The van der Waals surface area contributed by atoms with Crippen molar-refractivity contribution in [1.82, 2.24) is 5.32 Å². The van der Waals surface area contributed by atoms with E-state index in [0.717, 1.165) is 40.8 Å². The average molecular weight is 352 g/mol. The molecule has 21 heavy (non-hydrogen) atoms. The molecule has 1 fully saturated rings. The summed E-state index contributed by atoms with van der Waals surface area (Å²) in [6, 6.07) is 4.18. The summed E-state index contributed by atoms with van der Waals surface area (Å²) >= 11 is 3.62. The lowest BCUT2D eigenvalue weighted by atomic mass is 9.78. The topological polar surface area (TPSA) is 29.1 Å². The van der Waals surface area contributed by atoms with Crippen molar-refractivity contribution >= 4 is 21.8 Å². The first kappa shape index (κ1) is 16.5. The number of halogens is 1. The maximum atomic E-state index is 12.8. The lowest BCUT2D eigenvalue weighted by molar-refractivity contribution is 0.0873. The van der Waals surface area contributed by atoms with Gasteiger partial charge in [-0.2, -0.15) is 0 Å². The largest absolute Gasteiger partial charge is 0.346 e. The monoisotopic (exact) mass is 351 g/mol. The predicted octanol–water partition coefficient (Wildman–Crippen LogP) is 4.69. The van der Waals surface area contributed by atoms with E-state index in [4.69, 9.17) is 0 Å². The zero-order chi connectivity index (χ0) is 15.6. The number of carbonyl (C=O) groups is 1. The first-order valence-corrected chi connectivity index (χ1v) is 8.95. The van der Waals surface area contributed by atoms with Gasteiger partial charge in [-0.3, -0.25) is 4.79 Å². The van der Waals surface area contributed by atoms with Crippen molar-refractivity contribution in [2.45, 2.75) is 58.9 Å². The normalized spacial score (nSPS) is 25.7. The first-order valence-electron chi connectivity index (χ1n) is 7.83. The van der Waals surface area contributed by atoms with E-state index in [2.05, 4.69) is 47.2 Å². The van der Waals surface area contributed by atoms with Crippen LogP contribution in [0, 0.1) is 26.7 Å². The number of hydrogen-bond donors (Lipinski definition) is 1. The quantitative estimate of drug-likeness (QED) is 0.786. The van der Waals surface area contributed by atoms with Gasteiger partial charge in [-0.15, -0.1) is 0 Å². The molecule has 1 amide bonds. The molecule has 1 aliphatic rings. The van der Waals surface area contributed by atoms with Gasteiger partial charge in [-0.1, -0.05) is 40.5 Å². The Kier molecular flexibility index (Phi) is 5.13. The fraction of sp³-hybridized carbons (Fsp3) is 0.611. The van der Waals surface area contributed by atoms with Crippen molar-refractivity contribution < 1.29 is 4.79 Å². The Morgan fingerprint density at radius 3 is 2.24 bits per heavy atom. The number of carbonyl (C=O) groups excluding carboxylic acids is 1. The number of nitrogens with one attached hydrogen (secondary N) is 1. The minimum atomic E-state index is -0.0760. The molecule has 3 heteroatoms. The maximum Gasteiger partial charge on any atom is 0.252 e. The third kappa shape index (κ3) is 3.68. The molecule has 0 saturated heterocycles. The summed E-state index contributed by atoms with van der Waals surface area (Å²) in [6.45, 7) is 8.43. The molecule has 0 radical (unpaired) electrons. The molecule has 0 atom stereocenters. The number of rotatable bonds is 3. The number of benzene rings is 1. The molecule has 1 aliphatic carbocycles. The van der Waals surface area contributed by atoms with Gasteiger partial charge >= 0.3 is 0 Å². The summed E-state index contributed by atoms with van der Waals surface area (Å²) < 4.78 is 0. The van der Waals surface area contributed by atoms with Crippen LogP contribution in [0.25, 0.3) is 0 Å². The number of hydrogen-bond acceptors (Lipinski definition) is 1. The van der Waals surface area contributed by atoms with Gasteiger partial charge in [-0.05, 0) is 63.5 Å². The molecule has 0 spiro atoms. The van der Waals surface area contributed by atoms with Crippen LogP contribution in [0.3, 0.4) is 0 Å². The Bertz CT molecular complexity index is 507.